The third-order valence-corrected chi connectivity index (χ3v) is 3.34. The Hall–Kier alpha value is -3.26. The monoisotopic (exact) mass is 339 g/mol. The van der Waals surface area contributed by atoms with Crippen LogP contribution in [-0.2, 0) is 4.79 Å². The number of primary amides is 1. The molecule has 0 aliphatic heterocycles. The maximum Gasteiger partial charge on any atom is 0.241 e. The van der Waals surface area contributed by atoms with Gasteiger partial charge in [0.2, 0.25) is 11.8 Å². The number of nitrogens with one attached hydrogen (secondary N) is 1. The van der Waals surface area contributed by atoms with Gasteiger partial charge in [0.15, 0.2) is 5.65 Å². The Morgan fingerprint density at radius 2 is 2.24 bits per heavy atom. The van der Waals surface area contributed by atoms with Crippen molar-refractivity contribution in [2.24, 2.45) is 5.73 Å². The van der Waals surface area contributed by atoms with Gasteiger partial charge < -0.3 is 20.6 Å². The van der Waals surface area contributed by atoms with Gasteiger partial charge in [0.1, 0.15) is 12.1 Å². The first-order valence-electron chi connectivity index (χ1n) is 7.62. The highest BCUT2D eigenvalue weighted by Gasteiger charge is 2.08. The second-order valence-electron chi connectivity index (χ2n) is 5.48. The van der Waals surface area contributed by atoms with Gasteiger partial charge in [-0.1, -0.05) is 0 Å². The summed E-state index contributed by atoms with van der Waals surface area (Å²) < 4.78 is 5.33. The third kappa shape index (κ3) is 3.99. The van der Waals surface area contributed by atoms with Crippen LogP contribution in [0.15, 0.2) is 36.8 Å². The second-order valence-corrected chi connectivity index (χ2v) is 5.48. The van der Waals surface area contributed by atoms with Crippen molar-refractivity contribution in [1.82, 2.24) is 19.9 Å². The number of carbonyl (C=O) groups is 1. The molecule has 0 fully saturated rings. The Morgan fingerprint density at radius 3 is 2.92 bits per heavy atom. The van der Waals surface area contributed by atoms with Gasteiger partial charge in [-0.05, 0) is 19.1 Å². The molecule has 4 N–H and O–H groups in total. The first-order chi connectivity index (χ1) is 12.0. The highest BCUT2D eigenvalue weighted by atomic mass is 16.5. The van der Waals surface area contributed by atoms with Crippen LogP contribution in [0, 0.1) is 0 Å². The molecule has 3 rings (SSSR count). The van der Waals surface area contributed by atoms with Crippen molar-refractivity contribution in [3.63, 3.8) is 0 Å². The van der Waals surface area contributed by atoms with E-state index in [0.717, 1.165) is 5.56 Å². The van der Waals surface area contributed by atoms with Crippen molar-refractivity contribution >= 4 is 23.1 Å². The van der Waals surface area contributed by atoms with Gasteiger partial charge in [0, 0.05) is 35.7 Å². The predicted molar refractivity (Wildman–Crippen MR) is 92.5 cm³/mol. The average Bonchev–Trinajstić information content (AvgIpc) is 3.01. The van der Waals surface area contributed by atoms with Crippen LogP contribution in [-0.4, -0.2) is 43.7 Å². The van der Waals surface area contributed by atoms with Crippen molar-refractivity contribution in [3.8, 4) is 17.1 Å². The number of hydrogen-bond acceptors (Lipinski definition) is 6. The molecule has 1 unspecified atom stereocenters. The molecular formula is C17H17N5O3. The minimum Gasteiger partial charge on any atom is -0.475 e. The van der Waals surface area contributed by atoms with Crippen molar-refractivity contribution in [1.29, 1.82) is 0 Å². The van der Waals surface area contributed by atoms with Gasteiger partial charge in [-0.25, -0.2) is 15.0 Å². The van der Waals surface area contributed by atoms with Gasteiger partial charge >= 0.3 is 0 Å². The average molecular weight is 339 g/mol. The standard InChI is InChI=1S/C17H17N5O3/c1-10(23)9-25-15-5-3-11(6-19-15)13-8-21-17-16(22-13)12(7-20-17)2-4-14(18)24/h2-8,10,23H,9H2,1H3,(H2,18,24)(H,20,21). The molecule has 8 heteroatoms. The number of aromatic amines is 1. The quantitative estimate of drug-likeness (QED) is 0.581. The first kappa shape index (κ1) is 16.6. The fourth-order valence-electron chi connectivity index (χ4n) is 2.17. The summed E-state index contributed by atoms with van der Waals surface area (Å²) in [6.45, 7) is 1.82. The van der Waals surface area contributed by atoms with E-state index in [1.165, 1.54) is 6.08 Å². The number of carbonyl (C=O) groups excluding carboxylic acids is 1. The van der Waals surface area contributed by atoms with Crippen LogP contribution < -0.4 is 10.5 Å². The number of ether oxygens (including phenoxy) is 1. The normalized spacial score (nSPS) is 12.6. The van der Waals surface area contributed by atoms with Crippen molar-refractivity contribution in [2.45, 2.75) is 13.0 Å². The molecular weight excluding hydrogens is 322 g/mol. The molecule has 0 saturated heterocycles. The lowest BCUT2D eigenvalue weighted by Crippen LogP contribution is -2.13. The van der Waals surface area contributed by atoms with Crippen LogP contribution in [0.2, 0.25) is 0 Å². The fraction of sp³-hybridized carbons (Fsp3) is 0.176. The van der Waals surface area contributed by atoms with Crippen LogP contribution in [0.5, 0.6) is 5.88 Å². The number of nitrogens with zero attached hydrogens (tertiary/aromatic N) is 3. The zero-order valence-electron chi connectivity index (χ0n) is 13.5. The SMILES string of the molecule is CC(O)COc1ccc(-c2cnc3[nH]cc(C=CC(N)=O)c3n2)cn1. The van der Waals surface area contributed by atoms with Crippen LogP contribution in [0.4, 0.5) is 0 Å². The van der Waals surface area contributed by atoms with E-state index >= 15 is 0 Å². The Balaban J connectivity index is 1.88. The van der Waals surface area contributed by atoms with Crippen LogP contribution >= 0.6 is 0 Å². The number of fused-ring (bicyclic) bond motifs is 1. The molecule has 3 aromatic heterocycles. The lowest BCUT2D eigenvalue weighted by Gasteiger charge is -2.07. The molecule has 0 spiro atoms. The topological polar surface area (TPSA) is 127 Å². The van der Waals surface area contributed by atoms with E-state index < -0.39 is 12.0 Å². The smallest absolute Gasteiger partial charge is 0.241 e. The number of hydrogen-bond donors (Lipinski definition) is 3. The largest absolute Gasteiger partial charge is 0.475 e. The Bertz CT molecular complexity index is 916. The number of nitrogens with two attached hydrogens (primary N) is 1. The van der Waals surface area contributed by atoms with Crippen molar-refractivity contribution in [2.75, 3.05) is 6.61 Å². The number of rotatable bonds is 6. The van der Waals surface area contributed by atoms with Gasteiger partial charge in [0.25, 0.3) is 0 Å². The van der Waals surface area contributed by atoms with E-state index in [4.69, 9.17) is 10.5 Å². The number of aliphatic hydroxyl groups is 1. The van der Waals surface area contributed by atoms with E-state index in [0.29, 0.717) is 28.3 Å². The lowest BCUT2D eigenvalue weighted by atomic mass is 10.2. The maximum absolute atomic E-state index is 10.9. The third-order valence-electron chi connectivity index (χ3n) is 3.34. The lowest BCUT2D eigenvalue weighted by molar-refractivity contribution is -0.113. The number of aliphatic hydroxyl groups excluding tert-OH is 1. The minimum absolute atomic E-state index is 0.178. The molecule has 1 atom stereocenters. The number of aromatic nitrogens is 4. The van der Waals surface area contributed by atoms with Crippen molar-refractivity contribution in [3.05, 3.63) is 42.4 Å². The maximum atomic E-state index is 10.9. The molecule has 0 aliphatic rings. The molecule has 128 valence electrons. The van der Waals surface area contributed by atoms with E-state index in [1.54, 1.807) is 37.7 Å². The highest BCUT2D eigenvalue weighted by Crippen LogP contribution is 2.22. The molecule has 25 heavy (non-hydrogen) atoms. The first-order valence-corrected chi connectivity index (χ1v) is 7.62. The summed E-state index contributed by atoms with van der Waals surface area (Å²) in [7, 11) is 0. The summed E-state index contributed by atoms with van der Waals surface area (Å²) in [5.41, 5.74) is 8.48. The second kappa shape index (κ2) is 7.10. The van der Waals surface area contributed by atoms with E-state index in [-0.39, 0.29) is 6.61 Å². The van der Waals surface area contributed by atoms with E-state index in [2.05, 4.69) is 19.9 Å². The molecule has 0 radical (unpaired) electrons. The minimum atomic E-state index is -0.560. The van der Waals surface area contributed by atoms with E-state index in [9.17, 15) is 9.90 Å². The zero-order chi connectivity index (χ0) is 17.8. The summed E-state index contributed by atoms with van der Waals surface area (Å²) >= 11 is 0. The summed E-state index contributed by atoms with van der Waals surface area (Å²) in [5, 5.41) is 9.22. The Labute approximate surface area is 143 Å². The molecule has 0 saturated carbocycles. The van der Waals surface area contributed by atoms with Gasteiger partial charge in [-0.15, -0.1) is 0 Å². The summed E-state index contributed by atoms with van der Waals surface area (Å²) in [5.74, 6) is -0.110. The van der Waals surface area contributed by atoms with E-state index in [1.807, 2.05) is 6.07 Å². The molecule has 8 nitrogen and oxygen atoms in total. The molecule has 0 aromatic carbocycles. The molecule has 3 heterocycles. The Morgan fingerprint density at radius 1 is 1.40 bits per heavy atom. The highest BCUT2D eigenvalue weighted by molar-refractivity contribution is 5.93. The van der Waals surface area contributed by atoms with Crippen LogP contribution in [0.3, 0.4) is 0 Å². The molecule has 1 amide bonds. The zero-order valence-corrected chi connectivity index (χ0v) is 13.5. The summed E-state index contributed by atoms with van der Waals surface area (Å²) in [4.78, 5) is 27.0. The number of amides is 1. The van der Waals surface area contributed by atoms with Gasteiger partial charge in [0.05, 0.1) is 18.0 Å². The van der Waals surface area contributed by atoms with Gasteiger partial charge in [-0.2, -0.15) is 0 Å². The number of pyridine rings is 1. The molecule has 0 aliphatic carbocycles. The van der Waals surface area contributed by atoms with Crippen LogP contribution in [0.1, 0.15) is 12.5 Å². The van der Waals surface area contributed by atoms with Crippen LogP contribution in [0.25, 0.3) is 28.5 Å². The molecule has 0 bridgehead atoms. The summed E-state index contributed by atoms with van der Waals surface area (Å²) in [6.07, 6.45) is 7.26. The summed E-state index contributed by atoms with van der Waals surface area (Å²) in [6, 6.07) is 3.51. The Kier molecular flexibility index (Phi) is 4.71. The predicted octanol–water partition coefficient (Wildman–Crippen LogP) is 1.28. The van der Waals surface area contributed by atoms with Crippen molar-refractivity contribution < 1.29 is 14.6 Å². The number of H-pyrrole nitrogens is 1. The van der Waals surface area contributed by atoms with Gasteiger partial charge in [-0.3, -0.25) is 4.79 Å². The fourth-order valence-corrected chi connectivity index (χ4v) is 2.17. The molecule has 3 aromatic rings.